The molecule has 0 saturated heterocycles. The van der Waals surface area contributed by atoms with Gasteiger partial charge in [0.1, 0.15) is 0 Å². The smallest absolute Gasteiger partial charge is 0.182 e. The predicted octanol–water partition coefficient (Wildman–Crippen LogP) is 1.05. The van der Waals surface area contributed by atoms with Crippen LogP contribution in [0, 0.1) is 10.4 Å². The highest BCUT2D eigenvalue weighted by Crippen LogP contribution is 2.05. The highest BCUT2D eigenvalue weighted by atomic mass is 16.5. The number of nitrogens with zero attached hydrogens (tertiary/aromatic N) is 2. The van der Waals surface area contributed by atoms with Crippen LogP contribution in [-0.2, 0) is 0 Å². The zero-order valence-corrected chi connectivity index (χ0v) is 8.60. The van der Waals surface area contributed by atoms with Crippen molar-refractivity contribution in [2.75, 3.05) is 0 Å². The average Bonchev–Trinajstić information content (AvgIpc) is 2.07. The van der Waals surface area contributed by atoms with Crippen LogP contribution in [0.3, 0.4) is 0 Å². The van der Waals surface area contributed by atoms with Gasteiger partial charge >= 0.3 is 0 Å². The molecule has 76 valence electrons. The third-order valence-corrected chi connectivity index (χ3v) is 1.76. The molecule has 0 N–H and O–H groups in total. The Hall–Kier alpha value is -1.58. The van der Waals surface area contributed by atoms with Gasteiger partial charge in [-0.2, -0.15) is 4.73 Å². The van der Waals surface area contributed by atoms with E-state index in [0.29, 0.717) is 4.73 Å². The fourth-order valence-corrected chi connectivity index (χ4v) is 0.839. The van der Waals surface area contributed by atoms with Gasteiger partial charge in [-0.25, -0.2) is 4.74 Å². The highest BCUT2D eigenvalue weighted by Gasteiger charge is 2.17. The molecule has 0 bridgehead atoms. The fourth-order valence-electron chi connectivity index (χ4n) is 0.839. The van der Waals surface area contributed by atoms with E-state index in [1.165, 1.54) is 18.6 Å². The van der Waals surface area contributed by atoms with Crippen molar-refractivity contribution >= 4 is 6.21 Å². The standard InChI is InChI=1S/C10H14N2O2/c1-10(2,3)12(14)8-9-4-6-11(13)7-5-9/h4-8H,1-3H3/b12-8+. The molecule has 4 nitrogen and oxygen atoms in total. The van der Waals surface area contributed by atoms with Crippen LogP contribution in [0.15, 0.2) is 24.5 Å². The Labute approximate surface area is 83.3 Å². The Morgan fingerprint density at radius 1 is 1.29 bits per heavy atom. The molecule has 0 aliphatic heterocycles. The van der Waals surface area contributed by atoms with Crippen molar-refractivity contribution < 1.29 is 9.47 Å². The second-order valence-corrected chi connectivity index (χ2v) is 4.12. The summed E-state index contributed by atoms with van der Waals surface area (Å²) in [6.45, 7) is 5.48. The number of hydrogen-bond donors (Lipinski definition) is 0. The molecule has 14 heavy (non-hydrogen) atoms. The number of hydroxylamine groups is 1. The second-order valence-electron chi connectivity index (χ2n) is 4.12. The van der Waals surface area contributed by atoms with E-state index in [1.54, 1.807) is 12.1 Å². The Balaban J connectivity index is 2.93. The Morgan fingerprint density at radius 3 is 2.21 bits per heavy atom. The summed E-state index contributed by atoms with van der Waals surface area (Å²) in [4.78, 5) is 0. The number of hydrogen-bond acceptors (Lipinski definition) is 2. The zero-order chi connectivity index (χ0) is 10.8. The van der Waals surface area contributed by atoms with E-state index in [2.05, 4.69) is 0 Å². The molecular formula is C10H14N2O2. The summed E-state index contributed by atoms with van der Waals surface area (Å²) >= 11 is 0. The van der Waals surface area contributed by atoms with E-state index in [4.69, 9.17) is 0 Å². The van der Waals surface area contributed by atoms with Crippen LogP contribution in [0.2, 0.25) is 0 Å². The van der Waals surface area contributed by atoms with Crippen LogP contribution >= 0.6 is 0 Å². The minimum absolute atomic E-state index is 0.455. The van der Waals surface area contributed by atoms with Crippen LogP contribution in [0.4, 0.5) is 0 Å². The number of aromatic nitrogens is 1. The summed E-state index contributed by atoms with van der Waals surface area (Å²) in [5, 5.41) is 22.2. The molecule has 0 amide bonds. The highest BCUT2D eigenvalue weighted by molar-refractivity contribution is 5.75. The van der Waals surface area contributed by atoms with Gasteiger partial charge in [-0.05, 0) is 0 Å². The van der Waals surface area contributed by atoms with E-state index in [0.717, 1.165) is 10.3 Å². The van der Waals surface area contributed by atoms with Gasteiger partial charge in [0.2, 0.25) is 0 Å². The molecule has 0 aliphatic carbocycles. The normalized spacial score (nSPS) is 12.9. The maximum atomic E-state index is 11.5. The molecule has 0 saturated carbocycles. The lowest BCUT2D eigenvalue weighted by molar-refractivity contribution is -0.605. The number of rotatable bonds is 1. The SMILES string of the molecule is CC(C)(C)/[N+]([O-])=C\c1cc[n+]([O-])cc1. The minimum Gasteiger partial charge on any atom is -0.623 e. The van der Waals surface area contributed by atoms with Crippen molar-refractivity contribution in [3.8, 4) is 0 Å². The molecule has 0 aromatic carbocycles. The molecule has 0 fully saturated rings. The van der Waals surface area contributed by atoms with Gasteiger partial charge in [0.05, 0.1) is 5.56 Å². The van der Waals surface area contributed by atoms with Gasteiger partial charge in [0.25, 0.3) is 0 Å². The van der Waals surface area contributed by atoms with Crippen LogP contribution in [-0.4, -0.2) is 16.5 Å². The zero-order valence-electron chi connectivity index (χ0n) is 8.60. The summed E-state index contributed by atoms with van der Waals surface area (Å²) < 4.78 is 1.56. The molecule has 1 aromatic heterocycles. The van der Waals surface area contributed by atoms with E-state index in [1.807, 2.05) is 20.8 Å². The van der Waals surface area contributed by atoms with Gasteiger partial charge in [-0.3, -0.25) is 0 Å². The average molecular weight is 194 g/mol. The van der Waals surface area contributed by atoms with E-state index >= 15 is 0 Å². The quantitative estimate of drug-likeness (QED) is 0.290. The van der Waals surface area contributed by atoms with E-state index in [9.17, 15) is 10.4 Å². The van der Waals surface area contributed by atoms with Crippen LogP contribution < -0.4 is 4.73 Å². The summed E-state index contributed by atoms with van der Waals surface area (Å²) in [7, 11) is 0. The first-order valence-electron chi connectivity index (χ1n) is 4.40. The van der Waals surface area contributed by atoms with Crippen LogP contribution in [0.25, 0.3) is 0 Å². The lowest BCUT2D eigenvalue weighted by Gasteiger charge is -2.18. The third kappa shape index (κ3) is 2.73. The van der Waals surface area contributed by atoms with Gasteiger partial charge in [0.15, 0.2) is 24.1 Å². The maximum absolute atomic E-state index is 11.5. The lowest BCUT2D eigenvalue weighted by atomic mass is 10.1. The monoisotopic (exact) mass is 194 g/mol. The van der Waals surface area contributed by atoms with Gasteiger partial charge in [-0.1, -0.05) is 0 Å². The third-order valence-electron chi connectivity index (χ3n) is 1.76. The minimum atomic E-state index is -0.455. The van der Waals surface area contributed by atoms with Crippen molar-refractivity contribution in [2.24, 2.45) is 0 Å². The Bertz CT molecular complexity index is 336. The van der Waals surface area contributed by atoms with Gasteiger partial charge in [0, 0.05) is 32.9 Å². The van der Waals surface area contributed by atoms with Gasteiger partial charge in [-0.15, -0.1) is 0 Å². The van der Waals surface area contributed by atoms with Crippen molar-refractivity contribution in [3.05, 3.63) is 40.5 Å². The summed E-state index contributed by atoms with van der Waals surface area (Å²) in [5.74, 6) is 0. The predicted molar refractivity (Wildman–Crippen MR) is 53.9 cm³/mol. The summed E-state index contributed by atoms with van der Waals surface area (Å²) in [6.07, 6.45) is 4.20. The lowest BCUT2D eigenvalue weighted by Crippen LogP contribution is -2.30. The maximum Gasteiger partial charge on any atom is 0.182 e. The van der Waals surface area contributed by atoms with Crippen molar-refractivity contribution in [1.82, 2.24) is 0 Å². The van der Waals surface area contributed by atoms with Crippen LogP contribution in [0.5, 0.6) is 0 Å². The van der Waals surface area contributed by atoms with Crippen molar-refractivity contribution in [1.29, 1.82) is 0 Å². The molecule has 4 heteroatoms. The Morgan fingerprint density at radius 2 is 1.79 bits per heavy atom. The van der Waals surface area contributed by atoms with Gasteiger partial charge < -0.3 is 10.4 Å². The molecule has 1 aromatic rings. The topological polar surface area (TPSA) is 53.0 Å². The number of pyridine rings is 1. The van der Waals surface area contributed by atoms with E-state index in [-0.39, 0.29) is 0 Å². The molecule has 0 aliphatic rings. The first-order chi connectivity index (χ1) is 6.39. The van der Waals surface area contributed by atoms with Crippen molar-refractivity contribution in [3.63, 3.8) is 0 Å². The van der Waals surface area contributed by atoms with E-state index < -0.39 is 5.54 Å². The molecule has 0 atom stereocenters. The summed E-state index contributed by atoms with van der Waals surface area (Å²) in [5.41, 5.74) is 0.269. The largest absolute Gasteiger partial charge is 0.623 e. The first kappa shape index (κ1) is 10.5. The summed E-state index contributed by atoms with van der Waals surface area (Å²) in [6, 6.07) is 3.20. The molecule has 1 rings (SSSR count). The molecular weight excluding hydrogens is 180 g/mol. The second kappa shape index (κ2) is 3.65. The first-order valence-corrected chi connectivity index (χ1v) is 4.40. The molecule has 0 radical (unpaired) electrons. The molecule has 0 spiro atoms. The fraction of sp³-hybridized carbons (Fsp3) is 0.400. The molecule has 0 unspecified atom stereocenters. The van der Waals surface area contributed by atoms with Crippen LogP contribution in [0.1, 0.15) is 26.3 Å². The Kier molecular flexibility index (Phi) is 2.74. The molecule has 1 heterocycles. The van der Waals surface area contributed by atoms with Crippen molar-refractivity contribution in [2.45, 2.75) is 26.3 Å².